The lowest BCUT2D eigenvalue weighted by molar-refractivity contribution is -0.0531. The van der Waals surface area contributed by atoms with Crippen molar-refractivity contribution in [2.24, 2.45) is 16.6 Å². The molecule has 1 saturated heterocycles. The summed E-state index contributed by atoms with van der Waals surface area (Å²) in [6.07, 6.45) is 2.59. The van der Waals surface area contributed by atoms with Gasteiger partial charge < -0.3 is 20.5 Å². The molecule has 12 heteroatoms. The first kappa shape index (κ1) is 22.3. The summed E-state index contributed by atoms with van der Waals surface area (Å²) in [7, 11) is 0. The number of fused-ring (bicyclic) bond motifs is 1. The average molecular weight is 467 g/mol. The number of amides is 1. The van der Waals surface area contributed by atoms with Crippen LogP contribution in [0.25, 0.3) is 0 Å². The molecule has 4 rings (SSSR count). The number of alkyl halides is 2. The van der Waals surface area contributed by atoms with E-state index in [1.165, 1.54) is 30.0 Å². The third-order valence-electron chi connectivity index (χ3n) is 5.46. The molecule has 0 saturated carbocycles. The van der Waals surface area contributed by atoms with Gasteiger partial charge in [0, 0.05) is 22.9 Å². The summed E-state index contributed by atoms with van der Waals surface area (Å²) in [4.78, 5) is 24.5. The fraction of sp³-hybridized carbons (Fsp3) is 0.400. The smallest absolute Gasteiger partial charge is 0.388 e. The normalized spacial score (nSPS) is 24.7. The molecule has 1 aromatic heterocycles. The van der Waals surface area contributed by atoms with Crippen LogP contribution in [0.2, 0.25) is 0 Å². The zero-order chi connectivity index (χ0) is 22.9. The van der Waals surface area contributed by atoms with E-state index in [-0.39, 0.29) is 29.9 Å². The lowest BCUT2D eigenvalue weighted by Crippen LogP contribution is -2.42. The van der Waals surface area contributed by atoms with Gasteiger partial charge in [-0.05, 0) is 24.6 Å². The quantitative estimate of drug-likeness (QED) is 0.671. The minimum Gasteiger partial charge on any atom is -0.415 e. The fourth-order valence-electron chi connectivity index (χ4n) is 3.98. The Kier molecular flexibility index (Phi) is 6.24. The molecule has 1 amide bonds. The largest absolute Gasteiger partial charge is 0.415 e. The molecule has 3 N–H and O–H groups in total. The van der Waals surface area contributed by atoms with Crippen molar-refractivity contribution >= 4 is 28.5 Å². The van der Waals surface area contributed by atoms with Gasteiger partial charge in [-0.2, -0.15) is 8.78 Å². The Morgan fingerprint density at radius 1 is 1.41 bits per heavy atom. The van der Waals surface area contributed by atoms with Gasteiger partial charge in [0.2, 0.25) is 5.88 Å². The highest BCUT2D eigenvalue weighted by Gasteiger charge is 2.53. The summed E-state index contributed by atoms with van der Waals surface area (Å²) in [6, 6.07) is 4.16. The lowest BCUT2D eigenvalue weighted by atomic mass is 9.78. The first-order valence-corrected chi connectivity index (χ1v) is 10.8. The Morgan fingerprint density at radius 3 is 2.91 bits per heavy atom. The minimum absolute atomic E-state index is 0.0708. The summed E-state index contributed by atoms with van der Waals surface area (Å²) in [5, 5.41) is 2.97. The van der Waals surface area contributed by atoms with E-state index in [0.29, 0.717) is 16.6 Å². The van der Waals surface area contributed by atoms with Gasteiger partial charge >= 0.3 is 6.61 Å². The van der Waals surface area contributed by atoms with Gasteiger partial charge in [-0.25, -0.2) is 19.4 Å². The van der Waals surface area contributed by atoms with Gasteiger partial charge in [-0.15, -0.1) is 0 Å². The Morgan fingerprint density at radius 2 is 2.22 bits per heavy atom. The Hall–Kier alpha value is -2.86. The summed E-state index contributed by atoms with van der Waals surface area (Å²) in [5.41, 5.74) is 5.47. The average Bonchev–Trinajstić information content (AvgIpc) is 3.13. The molecule has 2 aliphatic heterocycles. The standard InChI is InChI=1S/C20H20F3N5O3S/c1-2-15-12-8-32-19(24)28-20(12,9-30-15)11-5-10(3-4-13(11)21)27-17(29)14-6-26-16(7-25-14)31-18(22)23/h3-7,12,15,18H,2,8-9H2,1H3,(H2,24,28)(H,27,29)/t12-,15+,20+/m1/s1. The minimum atomic E-state index is -3.05. The van der Waals surface area contributed by atoms with Crippen molar-refractivity contribution in [1.82, 2.24) is 9.97 Å². The second kappa shape index (κ2) is 8.94. The zero-order valence-corrected chi connectivity index (χ0v) is 17.7. The van der Waals surface area contributed by atoms with Crippen molar-refractivity contribution < 1.29 is 27.4 Å². The highest BCUT2D eigenvalue weighted by molar-refractivity contribution is 8.13. The molecule has 3 atom stereocenters. The number of carbonyl (C=O) groups excluding carboxylic acids is 1. The van der Waals surface area contributed by atoms with Crippen LogP contribution in [0, 0.1) is 11.7 Å². The van der Waals surface area contributed by atoms with E-state index in [1.807, 2.05) is 6.92 Å². The Labute approximate surface area is 185 Å². The topological polar surface area (TPSA) is 112 Å². The van der Waals surface area contributed by atoms with Crippen LogP contribution in [0.4, 0.5) is 18.9 Å². The number of hydrogen-bond donors (Lipinski definition) is 2. The van der Waals surface area contributed by atoms with E-state index in [9.17, 15) is 18.0 Å². The summed E-state index contributed by atoms with van der Waals surface area (Å²) >= 11 is 1.41. The first-order valence-electron chi connectivity index (χ1n) is 9.80. The number of halogens is 3. The van der Waals surface area contributed by atoms with Gasteiger partial charge in [0.15, 0.2) is 5.17 Å². The van der Waals surface area contributed by atoms with E-state index < -0.39 is 29.8 Å². The zero-order valence-electron chi connectivity index (χ0n) is 16.9. The molecule has 1 fully saturated rings. The van der Waals surface area contributed by atoms with Gasteiger partial charge in [0.05, 0.1) is 25.1 Å². The van der Waals surface area contributed by atoms with Gasteiger partial charge in [0.25, 0.3) is 5.91 Å². The molecule has 2 aromatic rings. The lowest BCUT2D eigenvalue weighted by Gasteiger charge is -2.36. The van der Waals surface area contributed by atoms with Crippen LogP contribution in [0.5, 0.6) is 5.88 Å². The summed E-state index contributed by atoms with van der Waals surface area (Å²) in [5.74, 6) is -0.970. The molecule has 0 aliphatic carbocycles. The molecule has 3 heterocycles. The summed E-state index contributed by atoms with van der Waals surface area (Å²) in [6.45, 7) is -0.867. The van der Waals surface area contributed by atoms with Crippen LogP contribution < -0.4 is 15.8 Å². The van der Waals surface area contributed by atoms with Crippen LogP contribution in [0.15, 0.2) is 35.6 Å². The van der Waals surface area contributed by atoms with Crippen LogP contribution in [0.1, 0.15) is 29.4 Å². The van der Waals surface area contributed by atoms with Crippen molar-refractivity contribution in [1.29, 1.82) is 0 Å². The number of thioether (sulfide) groups is 1. The molecular weight excluding hydrogens is 447 g/mol. The molecule has 2 aliphatic rings. The second-order valence-corrected chi connectivity index (χ2v) is 8.36. The number of nitrogens with zero attached hydrogens (tertiary/aromatic N) is 3. The molecule has 1 aromatic carbocycles. The maximum atomic E-state index is 15.0. The maximum Gasteiger partial charge on any atom is 0.388 e. The number of carbonyl (C=O) groups is 1. The van der Waals surface area contributed by atoms with Crippen molar-refractivity contribution in [3.63, 3.8) is 0 Å². The molecule has 0 spiro atoms. The van der Waals surface area contributed by atoms with Crippen molar-refractivity contribution in [3.8, 4) is 5.88 Å². The number of rotatable bonds is 6. The molecule has 0 unspecified atom stereocenters. The SMILES string of the molecule is CC[C@@H]1OC[C@@]2(c3cc(NC(=O)c4cnc(OC(F)F)cn4)ccc3F)N=C(N)SC[C@H]12. The van der Waals surface area contributed by atoms with Crippen molar-refractivity contribution in [3.05, 3.63) is 47.7 Å². The van der Waals surface area contributed by atoms with Crippen LogP contribution in [0.3, 0.4) is 0 Å². The van der Waals surface area contributed by atoms with Crippen LogP contribution in [-0.2, 0) is 10.3 Å². The van der Waals surface area contributed by atoms with E-state index in [2.05, 4.69) is 25.0 Å². The number of nitrogens with one attached hydrogen (secondary N) is 1. The Balaban J connectivity index is 1.60. The van der Waals surface area contributed by atoms with Crippen LogP contribution in [-0.4, -0.2) is 46.1 Å². The molecule has 0 radical (unpaired) electrons. The molecule has 170 valence electrons. The number of anilines is 1. The predicted molar refractivity (Wildman–Crippen MR) is 112 cm³/mol. The van der Waals surface area contributed by atoms with E-state index in [0.717, 1.165) is 18.8 Å². The van der Waals surface area contributed by atoms with Gasteiger partial charge in [-0.3, -0.25) is 4.79 Å². The third kappa shape index (κ3) is 4.24. The van der Waals surface area contributed by atoms with Crippen LogP contribution >= 0.6 is 11.8 Å². The second-order valence-electron chi connectivity index (χ2n) is 7.32. The van der Waals surface area contributed by atoms with E-state index in [4.69, 9.17) is 10.5 Å². The summed E-state index contributed by atoms with van der Waals surface area (Å²) < 4.78 is 49.5. The number of amidine groups is 1. The number of aromatic nitrogens is 2. The molecule has 32 heavy (non-hydrogen) atoms. The van der Waals surface area contributed by atoms with E-state index >= 15 is 0 Å². The number of hydrogen-bond acceptors (Lipinski definition) is 8. The predicted octanol–water partition coefficient (Wildman–Crippen LogP) is 3.15. The maximum absolute atomic E-state index is 15.0. The molecule has 8 nitrogen and oxygen atoms in total. The highest BCUT2D eigenvalue weighted by atomic mass is 32.2. The van der Waals surface area contributed by atoms with Gasteiger partial charge in [0.1, 0.15) is 17.1 Å². The van der Waals surface area contributed by atoms with Gasteiger partial charge in [-0.1, -0.05) is 18.7 Å². The van der Waals surface area contributed by atoms with E-state index in [1.54, 1.807) is 0 Å². The number of benzene rings is 1. The van der Waals surface area contributed by atoms with Crippen molar-refractivity contribution in [2.75, 3.05) is 17.7 Å². The first-order chi connectivity index (χ1) is 15.3. The molecule has 0 bridgehead atoms. The van der Waals surface area contributed by atoms with Crippen molar-refractivity contribution in [2.45, 2.75) is 31.6 Å². The third-order valence-corrected chi connectivity index (χ3v) is 6.38. The number of ether oxygens (including phenoxy) is 2. The highest BCUT2D eigenvalue weighted by Crippen LogP contribution is 2.49. The number of nitrogens with two attached hydrogens (primary N) is 1. The monoisotopic (exact) mass is 467 g/mol. The Bertz CT molecular complexity index is 1040. The fourth-order valence-corrected chi connectivity index (χ4v) is 5.05. The molecular formula is C20H20F3N5O3S. The number of aliphatic imine (C=N–C) groups is 1.